The SMILES string of the molecule is C#CC1(C)CC(C)OC(=O)O1. The van der Waals surface area contributed by atoms with Gasteiger partial charge in [0, 0.05) is 6.42 Å². The second-order valence-electron chi connectivity index (χ2n) is 2.86. The van der Waals surface area contributed by atoms with Gasteiger partial charge >= 0.3 is 6.16 Å². The van der Waals surface area contributed by atoms with Crippen LogP contribution < -0.4 is 0 Å². The van der Waals surface area contributed by atoms with Crippen molar-refractivity contribution in [2.24, 2.45) is 0 Å². The first kappa shape index (κ1) is 7.93. The summed E-state index contributed by atoms with van der Waals surface area (Å²) in [6.45, 7) is 3.49. The minimum atomic E-state index is -0.783. The fourth-order valence-electron chi connectivity index (χ4n) is 1.09. The molecule has 3 heteroatoms. The van der Waals surface area contributed by atoms with Crippen LogP contribution in [0.25, 0.3) is 0 Å². The van der Waals surface area contributed by atoms with Crippen molar-refractivity contribution in [3.63, 3.8) is 0 Å². The van der Waals surface area contributed by atoms with Gasteiger partial charge in [-0.1, -0.05) is 5.92 Å². The zero-order valence-electron chi connectivity index (χ0n) is 6.59. The Kier molecular flexibility index (Phi) is 1.77. The highest BCUT2D eigenvalue weighted by Crippen LogP contribution is 2.24. The predicted molar refractivity (Wildman–Crippen MR) is 38.9 cm³/mol. The molecule has 11 heavy (non-hydrogen) atoms. The lowest BCUT2D eigenvalue weighted by Crippen LogP contribution is -2.40. The lowest BCUT2D eigenvalue weighted by Gasteiger charge is -2.31. The van der Waals surface area contributed by atoms with Gasteiger partial charge in [0.25, 0.3) is 0 Å². The zero-order valence-corrected chi connectivity index (χ0v) is 6.59. The van der Waals surface area contributed by atoms with Crippen molar-refractivity contribution < 1.29 is 14.3 Å². The largest absolute Gasteiger partial charge is 0.510 e. The average Bonchev–Trinajstić information content (AvgIpc) is 1.84. The third-order valence-electron chi connectivity index (χ3n) is 1.59. The van der Waals surface area contributed by atoms with Gasteiger partial charge in [0.2, 0.25) is 0 Å². The molecule has 0 N–H and O–H groups in total. The van der Waals surface area contributed by atoms with Gasteiger partial charge in [-0.15, -0.1) is 6.42 Å². The van der Waals surface area contributed by atoms with Crippen LogP contribution in [-0.4, -0.2) is 17.9 Å². The van der Waals surface area contributed by atoms with Crippen molar-refractivity contribution >= 4 is 6.16 Å². The monoisotopic (exact) mass is 154 g/mol. The van der Waals surface area contributed by atoms with Crippen molar-refractivity contribution in [3.8, 4) is 12.3 Å². The average molecular weight is 154 g/mol. The van der Waals surface area contributed by atoms with Gasteiger partial charge in [-0.25, -0.2) is 4.79 Å². The van der Waals surface area contributed by atoms with E-state index in [1.54, 1.807) is 13.8 Å². The summed E-state index contributed by atoms with van der Waals surface area (Å²) in [4.78, 5) is 10.7. The summed E-state index contributed by atoms with van der Waals surface area (Å²) in [5.74, 6) is 2.42. The van der Waals surface area contributed by atoms with E-state index >= 15 is 0 Å². The molecule has 0 radical (unpaired) electrons. The van der Waals surface area contributed by atoms with Gasteiger partial charge in [0.15, 0.2) is 5.60 Å². The first-order valence-electron chi connectivity index (χ1n) is 3.43. The highest BCUT2D eigenvalue weighted by molar-refractivity contribution is 5.62. The Morgan fingerprint density at radius 1 is 1.82 bits per heavy atom. The highest BCUT2D eigenvalue weighted by atomic mass is 16.7. The van der Waals surface area contributed by atoms with Crippen LogP contribution in [0.5, 0.6) is 0 Å². The topological polar surface area (TPSA) is 35.5 Å². The number of carbonyl (C=O) groups is 1. The van der Waals surface area contributed by atoms with Crippen molar-refractivity contribution in [1.82, 2.24) is 0 Å². The molecular formula is C8H10O3. The summed E-state index contributed by atoms with van der Waals surface area (Å²) in [7, 11) is 0. The van der Waals surface area contributed by atoms with Crippen LogP contribution in [0.3, 0.4) is 0 Å². The number of cyclic esters (lactones) is 2. The van der Waals surface area contributed by atoms with Crippen molar-refractivity contribution in [2.75, 3.05) is 0 Å². The maximum Gasteiger partial charge on any atom is 0.510 e. The van der Waals surface area contributed by atoms with E-state index in [9.17, 15) is 4.79 Å². The second-order valence-corrected chi connectivity index (χ2v) is 2.86. The molecule has 0 aromatic heterocycles. The number of hydrogen-bond donors (Lipinski definition) is 0. The molecule has 0 aromatic rings. The molecule has 1 heterocycles. The number of ether oxygens (including phenoxy) is 2. The maximum atomic E-state index is 10.7. The smallest absolute Gasteiger partial charge is 0.431 e. The molecule has 1 fully saturated rings. The lowest BCUT2D eigenvalue weighted by molar-refractivity contribution is -0.0756. The van der Waals surface area contributed by atoms with Crippen molar-refractivity contribution in [2.45, 2.75) is 32.0 Å². The van der Waals surface area contributed by atoms with Crippen LogP contribution in [0.4, 0.5) is 4.79 Å². The molecule has 0 bridgehead atoms. The molecular weight excluding hydrogens is 144 g/mol. The molecule has 2 atom stereocenters. The van der Waals surface area contributed by atoms with Crippen LogP contribution in [-0.2, 0) is 9.47 Å². The third-order valence-corrected chi connectivity index (χ3v) is 1.59. The molecule has 0 aromatic carbocycles. The summed E-state index contributed by atoms with van der Waals surface area (Å²) >= 11 is 0. The summed E-state index contributed by atoms with van der Waals surface area (Å²) in [6.07, 6.45) is 4.90. The zero-order chi connectivity index (χ0) is 8.48. The Morgan fingerprint density at radius 3 is 2.91 bits per heavy atom. The van der Waals surface area contributed by atoms with E-state index < -0.39 is 11.8 Å². The first-order chi connectivity index (χ1) is 5.06. The molecule has 3 nitrogen and oxygen atoms in total. The highest BCUT2D eigenvalue weighted by Gasteiger charge is 2.35. The van der Waals surface area contributed by atoms with E-state index in [1.165, 1.54) is 0 Å². The standard InChI is InChI=1S/C8H10O3/c1-4-8(3)5-6(2)10-7(9)11-8/h1,6H,5H2,2-3H3. The lowest BCUT2D eigenvalue weighted by atomic mass is 9.99. The van der Waals surface area contributed by atoms with E-state index in [4.69, 9.17) is 15.9 Å². The van der Waals surface area contributed by atoms with E-state index in [0.29, 0.717) is 6.42 Å². The normalized spacial score (nSPS) is 36.8. The van der Waals surface area contributed by atoms with Crippen molar-refractivity contribution in [3.05, 3.63) is 0 Å². The Balaban J connectivity index is 2.72. The summed E-state index contributed by atoms with van der Waals surface area (Å²) in [5, 5.41) is 0. The molecule has 1 aliphatic rings. The maximum absolute atomic E-state index is 10.7. The van der Waals surface area contributed by atoms with Gasteiger partial charge in [-0.3, -0.25) is 0 Å². The molecule has 0 saturated carbocycles. The molecule has 1 rings (SSSR count). The summed E-state index contributed by atoms with van der Waals surface area (Å²) in [6, 6.07) is 0. The Morgan fingerprint density at radius 2 is 2.45 bits per heavy atom. The van der Waals surface area contributed by atoms with Crippen LogP contribution in [0.15, 0.2) is 0 Å². The van der Waals surface area contributed by atoms with Crippen LogP contribution in [0.1, 0.15) is 20.3 Å². The molecule has 0 aliphatic carbocycles. The minimum Gasteiger partial charge on any atom is -0.431 e. The third kappa shape index (κ3) is 1.64. The molecule has 60 valence electrons. The van der Waals surface area contributed by atoms with E-state index in [-0.39, 0.29) is 6.10 Å². The second kappa shape index (κ2) is 2.46. The predicted octanol–water partition coefficient (Wildman–Crippen LogP) is 1.32. The first-order valence-corrected chi connectivity index (χ1v) is 3.43. The minimum absolute atomic E-state index is 0.155. The van der Waals surface area contributed by atoms with E-state index in [1.807, 2.05) is 0 Å². The van der Waals surface area contributed by atoms with Gasteiger partial charge in [0.1, 0.15) is 6.10 Å². The van der Waals surface area contributed by atoms with Crippen LogP contribution >= 0.6 is 0 Å². The molecule has 2 unspecified atom stereocenters. The number of carbonyl (C=O) groups excluding carboxylic acids is 1. The Hall–Kier alpha value is -1.17. The van der Waals surface area contributed by atoms with Crippen LogP contribution in [0, 0.1) is 12.3 Å². The quantitative estimate of drug-likeness (QED) is 0.390. The molecule has 1 aliphatic heterocycles. The Labute approximate surface area is 65.7 Å². The van der Waals surface area contributed by atoms with Gasteiger partial charge in [0.05, 0.1) is 0 Å². The molecule has 1 saturated heterocycles. The van der Waals surface area contributed by atoms with E-state index in [0.717, 1.165) is 0 Å². The Bertz CT molecular complexity index is 216. The van der Waals surface area contributed by atoms with Crippen molar-refractivity contribution in [1.29, 1.82) is 0 Å². The van der Waals surface area contributed by atoms with Gasteiger partial charge in [-0.05, 0) is 13.8 Å². The number of rotatable bonds is 0. The number of terminal acetylenes is 1. The molecule has 0 spiro atoms. The fourth-order valence-corrected chi connectivity index (χ4v) is 1.09. The summed E-state index contributed by atoms with van der Waals surface area (Å²) in [5.41, 5.74) is -0.783. The van der Waals surface area contributed by atoms with Crippen LogP contribution in [0.2, 0.25) is 0 Å². The molecule has 0 amide bonds. The van der Waals surface area contributed by atoms with E-state index in [2.05, 4.69) is 5.92 Å². The summed E-state index contributed by atoms with van der Waals surface area (Å²) < 4.78 is 9.52. The van der Waals surface area contributed by atoms with Gasteiger partial charge < -0.3 is 9.47 Å². The fraction of sp³-hybridized carbons (Fsp3) is 0.625. The number of hydrogen-bond acceptors (Lipinski definition) is 3. The van der Waals surface area contributed by atoms with Gasteiger partial charge in [-0.2, -0.15) is 0 Å².